The van der Waals surface area contributed by atoms with Crippen LogP contribution in [0.5, 0.6) is 0 Å². The lowest BCUT2D eigenvalue weighted by Crippen LogP contribution is -2.23. The zero-order chi connectivity index (χ0) is 15.7. The Hall–Kier alpha value is -1.78. The second-order valence-corrected chi connectivity index (χ2v) is 6.50. The Labute approximate surface area is 141 Å². The molecule has 3 aromatic rings. The summed E-state index contributed by atoms with van der Waals surface area (Å²) in [5.41, 5.74) is 3.74. The van der Waals surface area contributed by atoms with Crippen LogP contribution in [0.3, 0.4) is 0 Å². The predicted molar refractivity (Wildman–Crippen MR) is 93.4 cm³/mol. The summed E-state index contributed by atoms with van der Waals surface area (Å²) in [6.45, 7) is 2.48. The highest BCUT2D eigenvalue weighted by atomic mass is 79.9. The number of carbonyl (C=O) groups is 1. The van der Waals surface area contributed by atoms with Crippen LogP contribution in [-0.4, -0.2) is 10.9 Å². The highest BCUT2D eigenvalue weighted by Gasteiger charge is 2.10. The highest BCUT2D eigenvalue weighted by Crippen LogP contribution is 2.21. The molecule has 0 spiro atoms. The molecule has 3 nitrogen and oxygen atoms in total. The molecule has 1 amide bonds. The minimum Gasteiger partial charge on any atom is -0.359 e. The van der Waals surface area contributed by atoms with E-state index in [-0.39, 0.29) is 5.91 Å². The van der Waals surface area contributed by atoms with E-state index in [1.165, 1.54) is 0 Å². The molecule has 2 aromatic carbocycles. The average molecular weight is 378 g/mol. The maximum atomic E-state index is 12.2. The molecule has 0 atom stereocenters. The average Bonchev–Trinajstić information content (AvgIpc) is 2.86. The number of rotatable bonds is 3. The van der Waals surface area contributed by atoms with Gasteiger partial charge in [0.1, 0.15) is 0 Å². The smallest absolute Gasteiger partial charge is 0.253 e. The van der Waals surface area contributed by atoms with Gasteiger partial charge in [0.15, 0.2) is 0 Å². The summed E-state index contributed by atoms with van der Waals surface area (Å²) in [5.74, 6) is -0.184. The molecule has 22 heavy (non-hydrogen) atoms. The molecule has 0 bridgehead atoms. The van der Waals surface area contributed by atoms with Gasteiger partial charge in [-0.05, 0) is 54.3 Å². The number of aryl methyl sites for hydroxylation is 1. The Morgan fingerprint density at radius 3 is 2.86 bits per heavy atom. The van der Waals surface area contributed by atoms with Crippen LogP contribution in [0.4, 0.5) is 0 Å². The molecule has 0 saturated carbocycles. The molecule has 0 saturated heterocycles. The highest BCUT2D eigenvalue weighted by molar-refractivity contribution is 9.10. The van der Waals surface area contributed by atoms with Crippen LogP contribution in [0.1, 0.15) is 21.6 Å². The SMILES string of the molecule is Cc1cc2cc(CNC(=O)c3cc(Br)ccc3Cl)ccc2[nH]1. The normalized spacial score (nSPS) is 10.9. The molecule has 0 fully saturated rings. The van der Waals surface area contributed by atoms with Crippen molar-refractivity contribution in [3.8, 4) is 0 Å². The minimum atomic E-state index is -0.184. The van der Waals surface area contributed by atoms with Gasteiger partial charge in [0.25, 0.3) is 5.91 Å². The van der Waals surface area contributed by atoms with Crippen LogP contribution in [0, 0.1) is 6.92 Å². The molecule has 0 aliphatic carbocycles. The van der Waals surface area contributed by atoms with E-state index in [0.717, 1.165) is 26.6 Å². The number of aromatic amines is 1. The molecule has 2 N–H and O–H groups in total. The first-order chi connectivity index (χ1) is 10.5. The van der Waals surface area contributed by atoms with Gasteiger partial charge in [-0.25, -0.2) is 0 Å². The van der Waals surface area contributed by atoms with E-state index in [2.05, 4.69) is 38.4 Å². The van der Waals surface area contributed by atoms with Crippen molar-refractivity contribution in [1.82, 2.24) is 10.3 Å². The van der Waals surface area contributed by atoms with Gasteiger partial charge in [-0.15, -0.1) is 0 Å². The summed E-state index contributed by atoms with van der Waals surface area (Å²) in [5, 5.41) is 4.49. The topological polar surface area (TPSA) is 44.9 Å². The fraction of sp³-hybridized carbons (Fsp3) is 0.118. The zero-order valence-electron chi connectivity index (χ0n) is 11.9. The zero-order valence-corrected chi connectivity index (χ0v) is 14.3. The first-order valence-corrected chi connectivity index (χ1v) is 8.01. The number of amides is 1. The number of benzene rings is 2. The monoisotopic (exact) mass is 376 g/mol. The van der Waals surface area contributed by atoms with Crippen LogP contribution >= 0.6 is 27.5 Å². The molecular weight excluding hydrogens is 364 g/mol. The van der Waals surface area contributed by atoms with Crippen LogP contribution in [0.15, 0.2) is 46.9 Å². The van der Waals surface area contributed by atoms with Crippen molar-refractivity contribution in [2.24, 2.45) is 0 Å². The van der Waals surface area contributed by atoms with E-state index in [4.69, 9.17) is 11.6 Å². The fourth-order valence-corrected chi connectivity index (χ4v) is 2.95. The molecule has 0 aliphatic rings. The number of carbonyl (C=O) groups excluding carboxylic acids is 1. The molecule has 0 radical (unpaired) electrons. The van der Waals surface area contributed by atoms with Crippen molar-refractivity contribution in [2.45, 2.75) is 13.5 Å². The van der Waals surface area contributed by atoms with E-state index in [1.54, 1.807) is 18.2 Å². The summed E-state index contributed by atoms with van der Waals surface area (Å²) in [6, 6.07) is 13.4. The number of nitrogens with one attached hydrogen (secondary N) is 2. The van der Waals surface area contributed by atoms with Crippen molar-refractivity contribution in [3.05, 3.63) is 68.8 Å². The Kier molecular flexibility index (Phi) is 4.23. The molecule has 0 unspecified atom stereocenters. The molecular formula is C17H14BrClN2O. The second-order valence-electron chi connectivity index (χ2n) is 5.18. The summed E-state index contributed by atoms with van der Waals surface area (Å²) in [7, 11) is 0. The molecule has 0 aliphatic heterocycles. The quantitative estimate of drug-likeness (QED) is 0.675. The third kappa shape index (κ3) is 3.18. The largest absolute Gasteiger partial charge is 0.359 e. The van der Waals surface area contributed by atoms with Crippen molar-refractivity contribution < 1.29 is 4.79 Å². The van der Waals surface area contributed by atoms with E-state index in [9.17, 15) is 4.79 Å². The van der Waals surface area contributed by atoms with E-state index in [1.807, 2.05) is 19.1 Å². The lowest BCUT2D eigenvalue weighted by atomic mass is 10.1. The lowest BCUT2D eigenvalue weighted by Gasteiger charge is -2.07. The summed E-state index contributed by atoms with van der Waals surface area (Å²) in [6.07, 6.45) is 0. The number of halogens is 2. The second kappa shape index (κ2) is 6.15. The van der Waals surface area contributed by atoms with Gasteiger partial charge >= 0.3 is 0 Å². The Morgan fingerprint density at radius 1 is 1.23 bits per heavy atom. The summed E-state index contributed by atoms with van der Waals surface area (Å²) >= 11 is 9.42. The molecule has 1 aromatic heterocycles. The van der Waals surface area contributed by atoms with Crippen molar-refractivity contribution in [1.29, 1.82) is 0 Å². The molecule has 5 heteroatoms. The first-order valence-electron chi connectivity index (χ1n) is 6.84. The molecule has 112 valence electrons. The number of H-pyrrole nitrogens is 1. The third-order valence-electron chi connectivity index (χ3n) is 3.45. The van der Waals surface area contributed by atoms with Gasteiger partial charge in [0, 0.05) is 22.2 Å². The number of hydrogen-bond donors (Lipinski definition) is 2. The van der Waals surface area contributed by atoms with Crippen molar-refractivity contribution >= 4 is 44.3 Å². The summed E-state index contributed by atoms with van der Waals surface area (Å²) < 4.78 is 0.825. The van der Waals surface area contributed by atoms with Gasteiger partial charge in [0.05, 0.1) is 10.6 Å². The number of hydrogen-bond acceptors (Lipinski definition) is 1. The van der Waals surface area contributed by atoms with E-state index >= 15 is 0 Å². The number of aromatic nitrogens is 1. The van der Waals surface area contributed by atoms with Crippen molar-refractivity contribution in [2.75, 3.05) is 0 Å². The van der Waals surface area contributed by atoms with E-state index in [0.29, 0.717) is 17.1 Å². The van der Waals surface area contributed by atoms with Crippen LogP contribution in [0.25, 0.3) is 10.9 Å². The summed E-state index contributed by atoms with van der Waals surface area (Å²) in [4.78, 5) is 15.5. The van der Waals surface area contributed by atoms with Crippen LogP contribution in [-0.2, 0) is 6.54 Å². The lowest BCUT2D eigenvalue weighted by molar-refractivity contribution is 0.0951. The standard InChI is InChI=1S/C17H14BrClN2O/c1-10-6-12-7-11(2-5-16(12)21-10)9-20-17(22)14-8-13(18)3-4-15(14)19/h2-8,21H,9H2,1H3,(H,20,22). The maximum Gasteiger partial charge on any atom is 0.253 e. The Balaban J connectivity index is 1.75. The fourth-order valence-electron chi connectivity index (χ4n) is 2.39. The van der Waals surface area contributed by atoms with Gasteiger partial charge in [0.2, 0.25) is 0 Å². The Bertz CT molecular complexity index is 857. The minimum absolute atomic E-state index is 0.184. The van der Waals surface area contributed by atoms with Gasteiger partial charge in [-0.1, -0.05) is 33.6 Å². The first kappa shape index (κ1) is 15.1. The molecule has 1 heterocycles. The maximum absolute atomic E-state index is 12.2. The van der Waals surface area contributed by atoms with Gasteiger partial charge in [-0.2, -0.15) is 0 Å². The predicted octanol–water partition coefficient (Wildman–Crippen LogP) is 4.82. The van der Waals surface area contributed by atoms with E-state index < -0.39 is 0 Å². The van der Waals surface area contributed by atoms with Crippen molar-refractivity contribution in [3.63, 3.8) is 0 Å². The van der Waals surface area contributed by atoms with Crippen LogP contribution < -0.4 is 5.32 Å². The Morgan fingerprint density at radius 2 is 2.05 bits per heavy atom. The molecule has 3 rings (SSSR count). The van der Waals surface area contributed by atoms with Gasteiger partial charge in [-0.3, -0.25) is 4.79 Å². The number of fused-ring (bicyclic) bond motifs is 1. The van der Waals surface area contributed by atoms with Gasteiger partial charge < -0.3 is 10.3 Å². The third-order valence-corrected chi connectivity index (χ3v) is 4.27. The van der Waals surface area contributed by atoms with Crippen LogP contribution in [0.2, 0.25) is 5.02 Å².